The van der Waals surface area contributed by atoms with E-state index < -0.39 is 0 Å². The molecule has 0 aliphatic carbocycles. The Bertz CT molecular complexity index is 847. The number of carbonyl (C=O) groups is 2. The van der Waals surface area contributed by atoms with Crippen molar-refractivity contribution < 1.29 is 19.1 Å². The van der Waals surface area contributed by atoms with Gasteiger partial charge in [0, 0.05) is 25.7 Å². The van der Waals surface area contributed by atoms with E-state index >= 15 is 0 Å². The van der Waals surface area contributed by atoms with E-state index in [9.17, 15) is 9.59 Å². The molecule has 0 bridgehead atoms. The number of benzene rings is 2. The van der Waals surface area contributed by atoms with E-state index in [1.54, 1.807) is 12.1 Å². The van der Waals surface area contributed by atoms with Crippen LogP contribution in [0.5, 0.6) is 5.75 Å². The Kier molecular flexibility index (Phi) is 7.46. The van der Waals surface area contributed by atoms with E-state index in [1.165, 1.54) is 12.7 Å². The molecular formula is C21H24ClN3O4. The number of methoxy groups -OCH3 is 1. The normalized spacial score (nSPS) is 16.8. The van der Waals surface area contributed by atoms with E-state index in [1.807, 2.05) is 18.2 Å². The van der Waals surface area contributed by atoms with Crippen LogP contribution in [0.25, 0.3) is 0 Å². The lowest BCUT2D eigenvalue weighted by Crippen LogP contribution is -2.43. The van der Waals surface area contributed by atoms with Crippen LogP contribution >= 0.6 is 11.6 Å². The largest absolute Gasteiger partial charge is 0.494 e. The fourth-order valence-corrected chi connectivity index (χ4v) is 3.51. The third-order valence-electron chi connectivity index (χ3n) is 4.66. The summed E-state index contributed by atoms with van der Waals surface area (Å²) in [6.45, 7) is 2.94. The summed E-state index contributed by atoms with van der Waals surface area (Å²) in [5.74, 6) is 0.212. The van der Waals surface area contributed by atoms with Gasteiger partial charge in [-0.15, -0.1) is 0 Å². The number of ether oxygens (including phenoxy) is 2. The number of halogens is 1. The molecule has 3 rings (SSSR count). The minimum Gasteiger partial charge on any atom is -0.494 e. The highest BCUT2D eigenvalue weighted by Gasteiger charge is 2.23. The molecule has 0 radical (unpaired) electrons. The van der Waals surface area contributed by atoms with Crippen molar-refractivity contribution in [1.29, 1.82) is 0 Å². The molecule has 2 aromatic carbocycles. The van der Waals surface area contributed by atoms with Crippen molar-refractivity contribution in [2.24, 2.45) is 0 Å². The molecule has 1 aliphatic rings. The van der Waals surface area contributed by atoms with Crippen molar-refractivity contribution in [1.82, 2.24) is 4.90 Å². The summed E-state index contributed by atoms with van der Waals surface area (Å²) in [6, 6.07) is 13.3. The molecule has 1 atom stereocenters. The van der Waals surface area contributed by atoms with Gasteiger partial charge in [-0.3, -0.25) is 14.5 Å². The van der Waals surface area contributed by atoms with Crippen LogP contribution in [0.4, 0.5) is 11.4 Å². The topological polar surface area (TPSA) is 79.9 Å². The number of nitrogens with zero attached hydrogens (tertiary/aromatic N) is 1. The lowest BCUT2D eigenvalue weighted by molar-refractivity contribution is -0.121. The van der Waals surface area contributed by atoms with Crippen molar-refractivity contribution in [2.45, 2.75) is 19.1 Å². The molecule has 1 unspecified atom stereocenters. The minimum atomic E-state index is -0.193. The van der Waals surface area contributed by atoms with Gasteiger partial charge in [0.25, 0.3) is 0 Å². The SMILES string of the molecule is COc1cc(NC=O)c(Cl)cc1NC(=O)CC1CN(Cc2ccccc2)CCO1. The standard InChI is InChI=1S/C21H24ClN3O4/c1-28-20-11-18(23-14-26)17(22)10-19(20)24-21(27)9-16-13-25(7-8-29-16)12-15-5-3-2-4-6-15/h2-6,10-11,14,16H,7-9,12-13H2,1H3,(H,23,26)(H,24,27). The summed E-state index contributed by atoms with van der Waals surface area (Å²) in [6.07, 6.45) is 0.561. The van der Waals surface area contributed by atoms with Crippen LogP contribution in [-0.2, 0) is 20.9 Å². The molecule has 29 heavy (non-hydrogen) atoms. The Morgan fingerprint density at radius 3 is 2.83 bits per heavy atom. The minimum absolute atomic E-state index is 0.190. The summed E-state index contributed by atoms with van der Waals surface area (Å²) < 4.78 is 11.1. The molecule has 2 N–H and O–H groups in total. The molecule has 2 amide bonds. The molecule has 2 aromatic rings. The summed E-state index contributed by atoms with van der Waals surface area (Å²) in [5, 5.41) is 5.61. The first-order valence-corrected chi connectivity index (χ1v) is 9.72. The molecule has 1 heterocycles. The number of hydrogen-bond acceptors (Lipinski definition) is 5. The summed E-state index contributed by atoms with van der Waals surface area (Å²) in [4.78, 5) is 25.5. The third-order valence-corrected chi connectivity index (χ3v) is 4.98. The van der Waals surface area contributed by atoms with Crippen molar-refractivity contribution in [3.8, 4) is 5.75 Å². The fraction of sp³-hybridized carbons (Fsp3) is 0.333. The molecule has 1 fully saturated rings. The van der Waals surface area contributed by atoms with Crippen LogP contribution < -0.4 is 15.4 Å². The van der Waals surface area contributed by atoms with E-state index in [0.29, 0.717) is 41.7 Å². The Morgan fingerprint density at radius 2 is 2.10 bits per heavy atom. The maximum absolute atomic E-state index is 12.6. The molecule has 0 aromatic heterocycles. The lowest BCUT2D eigenvalue weighted by atomic mass is 10.1. The first kappa shape index (κ1) is 21.1. The molecule has 1 aliphatic heterocycles. The van der Waals surface area contributed by atoms with Crippen LogP contribution in [0.3, 0.4) is 0 Å². The van der Waals surface area contributed by atoms with E-state index in [-0.39, 0.29) is 18.4 Å². The lowest BCUT2D eigenvalue weighted by Gasteiger charge is -2.32. The Balaban J connectivity index is 1.58. The summed E-state index contributed by atoms with van der Waals surface area (Å²) in [7, 11) is 1.48. The Labute approximate surface area is 174 Å². The van der Waals surface area contributed by atoms with Crippen LogP contribution in [0.2, 0.25) is 5.02 Å². The summed E-state index contributed by atoms with van der Waals surface area (Å²) in [5.41, 5.74) is 2.08. The highest BCUT2D eigenvalue weighted by Crippen LogP contribution is 2.34. The van der Waals surface area contributed by atoms with Gasteiger partial charge in [-0.1, -0.05) is 41.9 Å². The van der Waals surface area contributed by atoms with Crippen LogP contribution in [-0.4, -0.2) is 50.1 Å². The quantitative estimate of drug-likeness (QED) is 0.645. The maximum atomic E-state index is 12.6. The van der Waals surface area contributed by atoms with Crippen LogP contribution in [0.15, 0.2) is 42.5 Å². The number of nitrogens with one attached hydrogen (secondary N) is 2. The van der Waals surface area contributed by atoms with Gasteiger partial charge in [-0.05, 0) is 11.6 Å². The highest BCUT2D eigenvalue weighted by molar-refractivity contribution is 6.34. The third kappa shape index (κ3) is 5.93. The predicted molar refractivity (Wildman–Crippen MR) is 112 cm³/mol. The van der Waals surface area contributed by atoms with Gasteiger partial charge in [0.05, 0.1) is 42.6 Å². The van der Waals surface area contributed by atoms with E-state index in [0.717, 1.165) is 13.1 Å². The molecular weight excluding hydrogens is 394 g/mol. The van der Waals surface area contributed by atoms with Gasteiger partial charge in [0.15, 0.2) is 0 Å². The van der Waals surface area contributed by atoms with Gasteiger partial charge in [-0.2, -0.15) is 0 Å². The average Bonchev–Trinajstić information content (AvgIpc) is 2.71. The van der Waals surface area contributed by atoms with Gasteiger partial charge in [-0.25, -0.2) is 0 Å². The first-order chi connectivity index (χ1) is 14.1. The van der Waals surface area contributed by atoms with E-state index in [4.69, 9.17) is 21.1 Å². The molecule has 8 heteroatoms. The van der Waals surface area contributed by atoms with Crippen molar-refractivity contribution >= 4 is 35.3 Å². The zero-order valence-electron chi connectivity index (χ0n) is 16.2. The van der Waals surface area contributed by atoms with Crippen LogP contribution in [0.1, 0.15) is 12.0 Å². The molecule has 0 spiro atoms. The van der Waals surface area contributed by atoms with Crippen molar-refractivity contribution in [3.05, 3.63) is 53.1 Å². The fourth-order valence-electron chi connectivity index (χ4n) is 3.29. The molecule has 0 saturated carbocycles. The Hall–Kier alpha value is -2.61. The monoisotopic (exact) mass is 417 g/mol. The molecule has 7 nitrogen and oxygen atoms in total. The zero-order valence-corrected chi connectivity index (χ0v) is 16.9. The predicted octanol–water partition coefficient (Wildman–Crippen LogP) is 3.15. The molecule has 154 valence electrons. The van der Waals surface area contributed by atoms with Crippen molar-refractivity contribution in [3.63, 3.8) is 0 Å². The second-order valence-electron chi connectivity index (χ2n) is 6.76. The zero-order chi connectivity index (χ0) is 20.6. The second kappa shape index (κ2) is 10.2. The number of anilines is 2. The van der Waals surface area contributed by atoms with Gasteiger partial charge < -0.3 is 20.1 Å². The smallest absolute Gasteiger partial charge is 0.227 e. The summed E-state index contributed by atoms with van der Waals surface area (Å²) >= 11 is 6.15. The number of amides is 2. The number of hydrogen-bond donors (Lipinski definition) is 2. The van der Waals surface area contributed by atoms with E-state index in [2.05, 4.69) is 27.7 Å². The number of carbonyl (C=O) groups excluding carboxylic acids is 2. The number of rotatable bonds is 8. The first-order valence-electron chi connectivity index (χ1n) is 9.34. The van der Waals surface area contributed by atoms with Crippen LogP contribution in [0, 0.1) is 0 Å². The van der Waals surface area contributed by atoms with Gasteiger partial charge >= 0.3 is 0 Å². The van der Waals surface area contributed by atoms with Gasteiger partial charge in [0.1, 0.15) is 5.75 Å². The number of morpholine rings is 1. The second-order valence-corrected chi connectivity index (χ2v) is 7.17. The maximum Gasteiger partial charge on any atom is 0.227 e. The Morgan fingerprint density at radius 1 is 1.31 bits per heavy atom. The average molecular weight is 418 g/mol. The highest BCUT2D eigenvalue weighted by atomic mass is 35.5. The van der Waals surface area contributed by atoms with Gasteiger partial charge in [0.2, 0.25) is 12.3 Å². The molecule has 1 saturated heterocycles. The van der Waals surface area contributed by atoms with Crippen molar-refractivity contribution in [2.75, 3.05) is 37.4 Å².